The Hall–Kier alpha value is -3.58. The molecule has 0 fully saturated rings. The average molecular weight is 506 g/mol. The minimum absolute atomic E-state index is 0.0432. The molecular weight excluding hydrogens is 500 g/mol. The summed E-state index contributed by atoms with van der Waals surface area (Å²) in [5, 5.41) is 0. The molecule has 0 aliphatic heterocycles. The summed E-state index contributed by atoms with van der Waals surface area (Å²) in [6, 6.07) is 0.0295. The molecule has 0 heterocycles. The van der Waals surface area contributed by atoms with Crippen LogP contribution in [-0.2, 0) is 6.11 Å². The number of ether oxygens (including phenoxy) is 2. The third-order valence-electron chi connectivity index (χ3n) is 4.06. The van der Waals surface area contributed by atoms with Gasteiger partial charge in [-0.1, -0.05) is 0 Å². The Morgan fingerprint density at radius 3 is 1.44 bits per heavy atom. The minimum atomic E-state index is -5.49. The highest BCUT2D eigenvalue weighted by molar-refractivity contribution is 5.67. The fraction of sp³-hybridized carbons (Fsp3) is 0.100. The van der Waals surface area contributed by atoms with Crippen molar-refractivity contribution < 1.29 is 62.2 Å². The van der Waals surface area contributed by atoms with Crippen molar-refractivity contribution in [1.29, 1.82) is 0 Å². The quantitative estimate of drug-likeness (QED) is 0.337. The van der Waals surface area contributed by atoms with Gasteiger partial charge in [0.25, 0.3) is 0 Å². The Labute approximate surface area is 180 Å². The first-order chi connectivity index (χ1) is 15.6. The maximum atomic E-state index is 14.4. The van der Waals surface area contributed by atoms with Gasteiger partial charge < -0.3 is 9.47 Å². The van der Waals surface area contributed by atoms with Gasteiger partial charge in [0.05, 0.1) is 5.56 Å². The van der Waals surface area contributed by atoms with Crippen molar-refractivity contribution in [3.05, 3.63) is 82.7 Å². The summed E-state index contributed by atoms with van der Waals surface area (Å²) >= 11 is 0. The molecule has 0 bridgehead atoms. The fourth-order valence-corrected chi connectivity index (χ4v) is 2.82. The van der Waals surface area contributed by atoms with E-state index in [1.54, 1.807) is 0 Å². The van der Waals surface area contributed by atoms with E-state index >= 15 is 0 Å². The smallest absolute Gasteiger partial charge is 0.429 e. The van der Waals surface area contributed by atoms with Gasteiger partial charge in [-0.3, -0.25) is 0 Å². The maximum Gasteiger partial charge on any atom is 0.573 e. The molecule has 14 heteroatoms. The first-order valence-electron chi connectivity index (χ1n) is 8.55. The molecule has 3 rings (SSSR count). The molecule has 0 radical (unpaired) electrons. The number of hydrogen-bond donors (Lipinski definition) is 0. The van der Waals surface area contributed by atoms with E-state index in [-0.39, 0.29) is 36.4 Å². The number of hydrogen-bond acceptors (Lipinski definition) is 2. The van der Waals surface area contributed by atoms with Crippen molar-refractivity contribution in [1.82, 2.24) is 0 Å². The summed E-state index contributed by atoms with van der Waals surface area (Å²) in [5.74, 6) is -16.6. The number of benzene rings is 3. The van der Waals surface area contributed by atoms with Crippen LogP contribution in [0.2, 0.25) is 0 Å². The Bertz CT molecular complexity index is 1180. The van der Waals surface area contributed by atoms with Gasteiger partial charge in [-0.05, 0) is 17.7 Å². The maximum absolute atomic E-state index is 14.4. The summed E-state index contributed by atoms with van der Waals surface area (Å²) in [4.78, 5) is 0. The van der Waals surface area contributed by atoms with Gasteiger partial charge in [-0.25, -0.2) is 30.7 Å². The molecular formula is C20H6F12O2. The second-order valence-electron chi connectivity index (χ2n) is 6.44. The van der Waals surface area contributed by atoms with Crippen LogP contribution in [0.3, 0.4) is 0 Å². The van der Waals surface area contributed by atoms with Gasteiger partial charge in [0.15, 0.2) is 11.6 Å². The zero-order valence-electron chi connectivity index (χ0n) is 15.8. The highest BCUT2D eigenvalue weighted by Gasteiger charge is 2.41. The first kappa shape index (κ1) is 25.1. The largest absolute Gasteiger partial charge is 0.573 e. The summed E-state index contributed by atoms with van der Waals surface area (Å²) in [5.41, 5.74) is -4.34. The topological polar surface area (TPSA) is 18.5 Å². The molecule has 0 atom stereocenters. The molecule has 182 valence electrons. The van der Waals surface area contributed by atoms with E-state index in [4.69, 9.17) is 0 Å². The zero-order valence-corrected chi connectivity index (χ0v) is 15.8. The molecule has 2 nitrogen and oxygen atoms in total. The van der Waals surface area contributed by atoms with Gasteiger partial charge in [0.1, 0.15) is 40.4 Å². The molecule has 3 aromatic carbocycles. The fourth-order valence-electron chi connectivity index (χ4n) is 2.82. The Kier molecular flexibility index (Phi) is 6.37. The summed E-state index contributed by atoms with van der Waals surface area (Å²) < 4.78 is 169. The van der Waals surface area contributed by atoms with Crippen LogP contribution in [0.4, 0.5) is 52.7 Å². The molecule has 0 N–H and O–H groups in total. The molecule has 0 saturated carbocycles. The lowest BCUT2D eigenvalue weighted by Crippen LogP contribution is -2.25. The van der Waals surface area contributed by atoms with E-state index in [1.807, 2.05) is 0 Å². The molecule has 0 aliphatic rings. The third kappa shape index (κ3) is 5.15. The minimum Gasteiger partial charge on any atom is -0.429 e. The van der Waals surface area contributed by atoms with Crippen molar-refractivity contribution in [2.45, 2.75) is 12.5 Å². The van der Waals surface area contributed by atoms with Crippen LogP contribution in [0.15, 0.2) is 36.4 Å². The SMILES string of the molecule is Fc1cc(F)c(C(F)(F)Oc2cc(F)c(-c3cc(F)c(OC(F)(F)F)c(F)c3)c(F)c2)c(F)c1. The van der Waals surface area contributed by atoms with Crippen molar-refractivity contribution in [3.8, 4) is 22.6 Å². The molecule has 0 saturated heterocycles. The van der Waals surface area contributed by atoms with E-state index in [1.165, 1.54) is 0 Å². The van der Waals surface area contributed by atoms with Gasteiger partial charge in [0, 0.05) is 24.3 Å². The van der Waals surface area contributed by atoms with Crippen LogP contribution >= 0.6 is 0 Å². The molecule has 34 heavy (non-hydrogen) atoms. The Morgan fingerprint density at radius 2 is 1.00 bits per heavy atom. The van der Waals surface area contributed by atoms with Crippen LogP contribution in [-0.4, -0.2) is 6.36 Å². The molecule has 3 aromatic rings. The van der Waals surface area contributed by atoms with E-state index in [0.29, 0.717) is 0 Å². The second-order valence-corrected chi connectivity index (χ2v) is 6.44. The lowest BCUT2D eigenvalue weighted by Gasteiger charge is -2.20. The number of rotatable bonds is 5. The van der Waals surface area contributed by atoms with Crippen LogP contribution in [0.1, 0.15) is 5.56 Å². The number of alkyl halides is 5. The summed E-state index contributed by atoms with van der Waals surface area (Å²) in [6.07, 6.45) is -10.4. The van der Waals surface area contributed by atoms with Crippen LogP contribution < -0.4 is 9.47 Å². The third-order valence-corrected chi connectivity index (χ3v) is 4.06. The molecule has 0 unspecified atom stereocenters. The van der Waals surface area contributed by atoms with Crippen molar-refractivity contribution in [2.75, 3.05) is 0 Å². The lowest BCUT2D eigenvalue weighted by atomic mass is 10.0. The van der Waals surface area contributed by atoms with E-state index < -0.39 is 81.4 Å². The van der Waals surface area contributed by atoms with Crippen LogP contribution in [0.5, 0.6) is 11.5 Å². The zero-order chi connectivity index (χ0) is 25.6. The Morgan fingerprint density at radius 1 is 0.529 bits per heavy atom. The molecule has 0 aromatic heterocycles. The van der Waals surface area contributed by atoms with Crippen molar-refractivity contribution in [2.24, 2.45) is 0 Å². The normalized spacial score (nSPS) is 12.1. The molecule has 0 amide bonds. The summed E-state index contributed by atoms with van der Waals surface area (Å²) in [7, 11) is 0. The second kappa shape index (κ2) is 8.65. The van der Waals surface area contributed by atoms with E-state index in [0.717, 1.165) is 0 Å². The van der Waals surface area contributed by atoms with Crippen LogP contribution in [0, 0.1) is 40.7 Å². The first-order valence-corrected chi connectivity index (χ1v) is 8.55. The summed E-state index contributed by atoms with van der Waals surface area (Å²) in [6.45, 7) is 0. The molecule has 0 spiro atoms. The van der Waals surface area contributed by atoms with Gasteiger partial charge in [-0.15, -0.1) is 13.2 Å². The lowest BCUT2D eigenvalue weighted by molar-refractivity contribution is -0.276. The standard InChI is InChI=1S/C20H6F12O2/c21-8-3-12(24)17(13(25)4-8)19(28,29)33-9-5-10(22)16(11(23)6-9)7-1-14(26)18(15(27)2-7)34-20(30,31)32/h1-6H. The predicted octanol–water partition coefficient (Wildman–Crippen LogP) is 7.35. The average Bonchev–Trinajstić information content (AvgIpc) is 2.61. The van der Waals surface area contributed by atoms with Gasteiger partial charge in [-0.2, -0.15) is 8.78 Å². The molecule has 0 aliphatic carbocycles. The Balaban J connectivity index is 1.99. The van der Waals surface area contributed by atoms with E-state index in [2.05, 4.69) is 9.47 Å². The highest BCUT2D eigenvalue weighted by atomic mass is 19.4. The van der Waals surface area contributed by atoms with Gasteiger partial charge in [0.2, 0.25) is 5.75 Å². The van der Waals surface area contributed by atoms with Crippen molar-refractivity contribution in [3.63, 3.8) is 0 Å². The highest BCUT2D eigenvalue weighted by Crippen LogP contribution is 2.39. The van der Waals surface area contributed by atoms with E-state index in [9.17, 15) is 52.7 Å². The predicted molar refractivity (Wildman–Crippen MR) is 89.2 cm³/mol. The number of halogens is 12. The van der Waals surface area contributed by atoms with Gasteiger partial charge >= 0.3 is 12.5 Å². The monoisotopic (exact) mass is 506 g/mol. The van der Waals surface area contributed by atoms with Crippen molar-refractivity contribution >= 4 is 0 Å². The van der Waals surface area contributed by atoms with Crippen LogP contribution in [0.25, 0.3) is 11.1 Å².